The second-order valence-corrected chi connectivity index (χ2v) is 5.84. The molecular weight excluding hydrogens is 334 g/mol. The van der Waals surface area contributed by atoms with E-state index >= 15 is 0 Å². The first kappa shape index (κ1) is 19.2. The summed E-state index contributed by atoms with van der Waals surface area (Å²) in [5.41, 5.74) is 6.25. The van der Waals surface area contributed by atoms with Crippen LogP contribution in [0, 0.1) is 24.0 Å². The maximum Gasteiger partial charge on any atom is 0.282 e. The average molecular weight is 357 g/mol. The monoisotopic (exact) mass is 357 g/mol. The Hall–Kier alpha value is -3.09. The van der Waals surface area contributed by atoms with Crippen LogP contribution in [0.1, 0.15) is 30.0 Å². The lowest BCUT2D eigenvalue weighted by Gasteiger charge is -2.11. The van der Waals surface area contributed by atoms with E-state index in [4.69, 9.17) is 9.47 Å². The van der Waals surface area contributed by atoms with Gasteiger partial charge in [0.1, 0.15) is 0 Å². The molecule has 26 heavy (non-hydrogen) atoms. The zero-order chi connectivity index (χ0) is 19.1. The number of hydrazone groups is 1. The Bertz CT molecular complexity index is 819. The van der Waals surface area contributed by atoms with E-state index in [1.165, 1.54) is 25.0 Å². The number of anilines is 1. The van der Waals surface area contributed by atoms with Crippen molar-refractivity contribution in [3.8, 4) is 11.5 Å². The fourth-order valence-electron chi connectivity index (χ4n) is 2.30. The Balaban J connectivity index is 2.29. The first-order valence-corrected chi connectivity index (χ1v) is 8.31. The molecule has 0 aliphatic heterocycles. The van der Waals surface area contributed by atoms with Crippen molar-refractivity contribution in [1.29, 1.82) is 0 Å². The summed E-state index contributed by atoms with van der Waals surface area (Å²) >= 11 is 0. The number of hydrogen-bond acceptors (Lipinski definition) is 6. The van der Waals surface area contributed by atoms with Crippen molar-refractivity contribution < 1.29 is 14.4 Å². The molecule has 0 aromatic heterocycles. The molecule has 0 bridgehead atoms. The molecule has 0 unspecified atom stereocenters. The van der Waals surface area contributed by atoms with Crippen LogP contribution in [0.25, 0.3) is 0 Å². The number of nitro groups is 1. The molecule has 7 heteroatoms. The second kappa shape index (κ2) is 8.84. The van der Waals surface area contributed by atoms with Crippen molar-refractivity contribution in [3.05, 3.63) is 57.1 Å². The van der Waals surface area contributed by atoms with E-state index in [2.05, 4.69) is 10.5 Å². The molecule has 0 aliphatic carbocycles. The van der Waals surface area contributed by atoms with Gasteiger partial charge in [0.05, 0.1) is 42.2 Å². The van der Waals surface area contributed by atoms with Crippen LogP contribution in [0.3, 0.4) is 0 Å². The second-order valence-electron chi connectivity index (χ2n) is 5.84. The van der Waals surface area contributed by atoms with E-state index in [9.17, 15) is 10.1 Å². The van der Waals surface area contributed by atoms with Crippen molar-refractivity contribution in [2.75, 3.05) is 19.1 Å². The molecule has 2 aromatic carbocycles. The quantitative estimate of drug-likeness (QED) is 0.428. The highest BCUT2D eigenvalue weighted by Crippen LogP contribution is 2.34. The van der Waals surface area contributed by atoms with E-state index in [0.29, 0.717) is 23.7 Å². The molecule has 7 nitrogen and oxygen atoms in total. The number of aryl methyl sites for hydroxylation is 2. The van der Waals surface area contributed by atoms with Crippen molar-refractivity contribution in [2.24, 2.45) is 5.10 Å². The zero-order valence-corrected chi connectivity index (χ0v) is 15.4. The summed E-state index contributed by atoms with van der Waals surface area (Å²) in [6.45, 7) is 6.51. The van der Waals surface area contributed by atoms with Crippen LogP contribution in [0.2, 0.25) is 0 Å². The van der Waals surface area contributed by atoms with E-state index in [1.54, 1.807) is 6.07 Å². The molecule has 2 rings (SSSR count). The van der Waals surface area contributed by atoms with Gasteiger partial charge in [-0.3, -0.25) is 15.5 Å². The Morgan fingerprint density at radius 2 is 1.96 bits per heavy atom. The van der Waals surface area contributed by atoms with Crippen molar-refractivity contribution in [2.45, 2.75) is 27.2 Å². The Morgan fingerprint density at radius 1 is 1.19 bits per heavy atom. The summed E-state index contributed by atoms with van der Waals surface area (Å²) in [6, 6.07) is 8.77. The van der Waals surface area contributed by atoms with Crippen LogP contribution in [-0.4, -0.2) is 24.9 Å². The highest BCUT2D eigenvalue weighted by molar-refractivity contribution is 5.87. The Morgan fingerprint density at radius 3 is 2.58 bits per heavy atom. The van der Waals surface area contributed by atoms with Crippen LogP contribution in [0.15, 0.2) is 35.4 Å². The molecule has 0 atom stereocenters. The number of methoxy groups -OCH3 is 1. The van der Waals surface area contributed by atoms with Crippen molar-refractivity contribution in [1.82, 2.24) is 0 Å². The average Bonchev–Trinajstić information content (AvgIpc) is 2.62. The molecule has 138 valence electrons. The number of hydrogen-bond donors (Lipinski definition) is 1. The lowest BCUT2D eigenvalue weighted by atomic mass is 10.1. The first-order valence-electron chi connectivity index (χ1n) is 8.31. The molecule has 1 N–H and O–H groups in total. The van der Waals surface area contributed by atoms with Crippen LogP contribution < -0.4 is 14.9 Å². The summed E-state index contributed by atoms with van der Waals surface area (Å²) in [6.07, 6.45) is 2.23. The molecule has 0 radical (unpaired) electrons. The van der Waals surface area contributed by atoms with Crippen molar-refractivity contribution in [3.63, 3.8) is 0 Å². The van der Waals surface area contributed by atoms with Crippen LogP contribution in [0.4, 0.5) is 11.4 Å². The fourth-order valence-corrected chi connectivity index (χ4v) is 2.30. The number of ether oxygens (including phenoxy) is 2. The first-order chi connectivity index (χ1) is 12.5. The van der Waals surface area contributed by atoms with E-state index < -0.39 is 4.92 Å². The van der Waals surface area contributed by atoms with Gasteiger partial charge in [-0.05, 0) is 49.6 Å². The van der Waals surface area contributed by atoms with Gasteiger partial charge in [0.2, 0.25) is 0 Å². The summed E-state index contributed by atoms with van der Waals surface area (Å²) in [7, 11) is 1.45. The predicted octanol–water partition coefficient (Wildman–Crippen LogP) is 4.46. The largest absolute Gasteiger partial charge is 0.493 e. The van der Waals surface area contributed by atoms with E-state index in [0.717, 1.165) is 17.7 Å². The fraction of sp³-hybridized carbons (Fsp3) is 0.316. The molecule has 0 spiro atoms. The summed E-state index contributed by atoms with van der Waals surface area (Å²) in [5, 5.41) is 15.5. The third-order valence-electron chi connectivity index (χ3n) is 3.88. The molecule has 0 aliphatic rings. The minimum Gasteiger partial charge on any atom is -0.493 e. The smallest absolute Gasteiger partial charge is 0.282 e. The van der Waals surface area contributed by atoms with Crippen LogP contribution in [-0.2, 0) is 0 Å². The molecule has 2 aromatic rings. The van der Waals surface area contributed by atoms with Gasteiger partial charge >= 0.3 is 0 Å². The van der Waals surface area contributed by atoms with Gasteiger partial charge in [0, 0.05) is 0 Å². The normalized spacial score (nSPS) is 10.8. The summed E-state index contributed by atoms with van der Waals surface area (Å²) < 4.78 is 10.8. The number of nitrogens with zero attached hydrogens (tertiary/aromatic N) is 2. The molecule has 0 amide bonds. The summed E-state index contributed by atoms with van der Waals surface area (Å²) in [4.78, 5) is 10.9. The SMILES string of the molecule is CCCOc1cc(C=NNc2ccc(C)c(C)c2)c([N+](=O)[O-])cc1OC. The van der Waals surface area contributed by atoms with Gasteiger partial charge in [-0.25, -0.2) is 0 Å². The van der Waals surface area contributed by atoms with Gasteiger partial charge in [-0.1, -0.05) is 13.0 Å². The van der Waals surface area contributed by atoms with E-state index in [1.807, 2.05) is 39.0 Å². The third kappa shape index (κ3) is 4.72. The standard InChI is InChI=1S/C19H23N3O4/c1-5-8-26-19-10-15(17(22(23)24)11-18(19)25-4)12-20-21-16-7-6-13(2)14(3)9-16/h6-7,9-12,21H,5,8H2,1-4H3. The van der Waals surface area contributed by atoms with Gasteiger partial charge in [-0.2, -0.15) is 5.10 Å². The van der Waals surface area contributed by atoms with E-state index in [-0.39, 0.29) is 5.69 Å². The highest BCUT2D eigenvalue weighted by Gasteiger charge is 2.18. The predicted molar refractivity (Wildman–Crippen MR) is 103 cm³/mol. The maximum absolute atomic E-state index is 11.4. The highest BCUT2D eigenvalue weighted by atomic mass is 16.6. The third-order valence-corrected chi connectivity index (χ3v) is 3.88. The molecule has 0 saturated carbocycles. The number of nitro benzene ring substituents is 1. The van der Waals surface area contributed by atoms with Gasteiger partial charge in [0.25, 0.3) is 5.69 Å². The number of nitrogens with one attached hydrogen (secondary N) is 1. The number of benzene rings is 2. The lowest BCUT2D eigenvalue weighted by molar-refractivity contribution is -0.385. The molecule has 0 saturated heterocycles. The van der Waals surface area contributed by atoms with Gasteiger partial charge < -0.3 is 9.47 Å². The van der Waals surface area contributed by atoms with Crippen LogP contribution in [0.5, 0.6) is 11.5 Å². The topological polar surface area (TPSA) is 86.0 Å². The minimum absolute atomic E-state index is 0.101. The van der Waals surface area contributed by atoms with Gasteiger partial charge in [0.15, 0.2) is 11.5 Å². The molecule has 0 heterocycles. The summed E-state index contributed by atoms with van der Waals surface area (Å²) in [5.74, 6) is 0.775. The van der Waals surface area contributed by atoms with Crippen LogP contribution >= 0.6 is 0 Å². The lowest BCUT2D eigenvalue weighted by Crippen LogP contribution is -2.02. The maximum atomic E-state index is 11.4. The molecule has 0 fully saturated rings. The Kier molecular flexibility index (Phi) is 6.54. The Labute approximate surface area is 152 Å². The zero-order valence-electron chi connectivity index (χ0n) is 15.4. The minimum atomic E-state index is -0.469. The van der Waals surface area contributed by atoms with Gasteiger partial charge in [-0.15, -0.1) is 0 Å². The molecular formula is C19H23N3O4. The number of rotatable bonds is 8. The van der Waals surface area contributed by atoms with Crippen molar-refractivity contribution >= 4 is 17.6 Å².